The summed E-state index contributed by atoms with van der Waals surface area (Å²) in [6, 6.07) is 50.0. The molecule has 25 heavy (non-hydrogen) atoms. The van der Waals surface area contributed by atoms with E-state index in [2.05, 4.69) is 24.3 Å². The van der Waals surface area contributed by atoms with Gasteiger partial charge in [-0.3, -0.25) is 0 Å². The van der Waals surface area contributed by atoms with Gasteiger partial charge in [0.25, 0.3) is 0 Å². The Labute approximate surface area is 176 Å². The average molecular weight is 546 g/mol. The minimum absolute atomic E-state index is 0. The first kappa shape index (κ1) is 22.9. The van der Waals surface area contributed by atoms with Gasteiger partial charge < -0.3 is 0 Å². The molecule has 0 heterocycles. The molecular weight excluding hydrogens is 526 g/mol. The summed E-state index contributed by atoms with van der Waals surface area (Å²) in [4.78, 5) is 0. The predicted octanol–water partition coefficient (Wildman–Crippen LogP) is 5.95. The van der Waals surface area contributed by atoms with Crippen molar-refractivity contribution in [2.45, 2.75) is 0 Å². The van der Waals surface area contributed by atoms with Crippen LogP contribution in [0.5, 0.6) is 0 Å². The van der Waals surface area contributed by atoms with Gasteiger partial charge in [0.05, 0.1) is 0 Å². The standard InChI is InChI=1S/4C6H5.U/c4*1-2-4-6-5-3-1;/h4*1-5H;/q4*-1;+4. The van der Waals surface area contributed by atoms with Crippen LogP contribution in [0.1, 0.15) is 0 Å². The van der Waals surface area contributed by atoms with Crippen molar-refractivity contribution in [2.75, 3.05) is 0 Å². The van der Waals surface area contributed by atoms with E-state index in [9.17, 15) is 0 Å². The number of hydrogen-bond donors (Lipinski definition) is 0. The molecule has 0 aliphatic carbocycles. The van der Waals surface area contributed by atoms with Gasteiger partial charge in [0.15, 0.2) is 0 Å². The van der Waals surface area contributed by atoms with Crippen molar-refractivity contribution in [3.05, 3.63) is 146 Å². The van der Waals surface area contributed by atoms with Crippen molar-refractivity contribution in [1.29, 1.82) is 0 Å². The van der Waals surface area contributed by atoms with E-state index in [0.29, 0.717) is 0 Å². The maximum absolute atomic E-state index is 2.89. The van der Waals surface area contributed by atoms with Crippen LogP contribution < -0.4 is 0 Å². The molecule has 0 saturated carbocycles. The second-order valence-corrected chi connectivity index (χ2v) is 4.31. The smallest absolute Gasteiger partial charge is 0.184 e. The molecule has 0 radical (unpaired) electrons. The van der Waals surface area contributed by atoms with Crippen LogP contribution in [0.2, 0.25) is 0 Å². The van der Waals surface area contributed by atoms with Crippen LogP contribution in [-0.4, -0.2) is 0 Å². The third-order valence-electron chi connectivity index (χ3n) is 2.43. The normalized spacial score (nSPS) is 7.68. The quantitative estimate of drug-likeness (QED) is 0.240. The molecule has 4 aromatic carbocycles. The summed E-state index contributed by atoms with van der Waals surface area (Å²) in [6.45, 7) is 0. The number of benzene rings is 4. The van der Waals surface area contributed by atoms with Crippen molar-refractivity contribution < 1.29 is 31.1 Å². The zero-order chi connectivity index (χ0) is 17.0. The molecule has 0 nitrogen and oxygen atoms in total. The number of rotatable bonds is 0. The minimum Gasteiger partial charge on any atom is -0.184 e. The summed E-state index contributed by atoms with van der Waals surface area (Å²) < 4.78 is 0. The fourth-order valence-electron chi connectivity index (χ4n) is 1.37. The van der Waals surface area contributed by atoms with Crippen LogP contribution in [0.3, 0.4) is 0 Å². The van der Waals surface area contributed by atoms with Gasteiger partial charge >= 0.3 is 31.1 Å². The Hall–Kier alpha value is -2.07. The SMILES string of the molecule is [U+4].[c-]1ccccc1.[c-]1ccccc1.[c-]1ccccc1.[c-]1ccccc1. The van der Waals surface area contributed by atoms with Crippen LogP contribution in [0, 0.1) is 55.4 Å². The average Bonchev–Trinajstić information content (AvgIpc) is 2.75. The van der Waals surface area contributed by atoms with E-state index in [0.717, 1.165) is 0 Å². The molecule has 120 valence electrons. The molecule has 0 amide bonds. The summed E-state index contributed by atoms with van der Waals surface area (Å²) in [5.74, 6) is 0. The Bertz CT molecular complexity index is 420. The molecule has 0 aliphatic rings. The predicted molar refractivity (Wildman–Crippen MR) is 101 cm³/mol. The summed E-state index contributed by atoms with van der Waals surface area (Å²) in [5.41, 5.74) is 0. The first-order valence-corrected chi connectivity index (χ1v) is 7.64. The molecule has 1 heteroatoms. The molecule has 0 bridgehead atoms. The van der Waals surface area contributed by atoms with Crippen molar-refractivity contribution >= 4 is 0 Å². The second-order valence-electron chi connectivity index (χ2n) is 4.31. The van der Waals surface area contributed by atoms with Gasteiger partial charge in [-0.05, 0) is 0 Å². The first-order chi connectivity index (χ1) is 12.0. The molecule has 0 N–H and O–H groups in total. The monoisotopic (exact) mass is 546 g/mol. The van der Waals surface area contributed by atoms with Gasteiger partial charge in [-0.25, -0.2) is 0 Å². The Morgan fingerprint density at radius 2 is 0.400 bits per heavy atom. The zero-order valence-corrected chi connectivity index (χ0v) is 18.2. The van der Waals surface area contributed by atoms with Crippen molar-refractivity contribution in [1.82, 2.24) is 0 Å². The molecule has 4 rings (SSSR count). The molecular formula is C24H20U. The molecule has 0 atom stereocenters. The molecule has 4 aromatic rings. The van der Waals surface area contributed by atoms with Gasteiger partial charge in [0.1, 0.15) is 0 Å². The van der Waals surface area contributed by atoms with E-state index in [1.165, 1.54) is 0 Å². The van der Waals surface area contributed by atoms with Crippen molar-refractivity contribution in [2.24, 2.45) is 0 Å². The molecule has 0 saturated heterocycles. The van der Waals surface area contributed by atoms with Crippen molar-refractivity contribution in [3.63, 3.8) is 0 Å². The third-order valence-corrected chi connectivity index (χ3v) is 2.43. The van der Waals surface area contributed by atoms with Crippen LogP contribution in [0.4, 0.5) is 0 Å². The molecule has 0 spiro atoms. The van der Waals surface area contributed by atoms with E-state index in [1.54, 1.807) is 0 Å². The molecule has 0 unspecified atom stereocenters. The number of hydrogen-bond acceptors (Lipinski definition) is 0. The Morgan fingerprint density at radius 3 is 0.440 bits per heavy atom. The van der Waals surface area contributed by atoms with E-state index < -0.39 is 0 Å². The zero-order valence-electron chi connectivity index (χ0n) is 14.0. The van der Waals surface area contributed by atoms with Gasteiger partial charge in [0, 0.05) is 0 Å². The largest absolute Gasteiger partial charge is 4.00 e. The summed E-state index contributed by atoms with van der Waals surface area (Å²) >= 11 is 0. The Kier molecular flexibility index (Phi) is 18.3. The van der Waals surface area contributed by atoms with E-state index in [-0.39, 0.29) is 31.1 Å². The van der Waals surface area contributed by atoms with Crippen molar-refractivity contribution in [3.8, 4) is 0 Å². The van der Waals surface area contributed by atoms with Crippen LogP contribution in [0.25, 0.3) is 0 Å². The van der Waals surface area contributed by atoms with Crippen LogP contribution in [-0.2, 0) is 0 Å². The van der Waals surface area contributed by atoms with E-state index >= 15 is 0 Å². The van der Waals surface area contributed by atoms with Crippen LogP contribution >= 0.6 is 0 Å². The summed E-state index contributed by atoms with van der Waals surface area (Å²) in [7, 11) is 0. The Balaban J connectivity index is 0.000000303. The molecule has 0 aromatic heterocycles. The third kappa shape index (κ3) is 18.1. The van der Waals surface area contributed by atoms with Gasteiger partial charge in [-0.15, -0.1) is 0 Å². The fraction of sp³-hybridized carbons (Fsp3) is 0. The maximum Gasteiger partial charge on any atom is 4.00 e. The molecule has 0 aliphatic heterocycles. The minimum atomic E-state index is 0. The van der Waals surface area contributed by atoms with E-state index in [4.69, 9.17) is 0 Å². The maximum atomic E-state index is 2.89. The van der Waals surface area contributed by atoms with E-state index in [1.807, 2.05) is 121 Å². The summed E-state index contributed by atoms with van der Waals surface area (Å²) in [6.07, 6.45) is 0. The van der Waals surface area contributed by atoms with Gasteiger partial charge in [0.2, 0.25) is 0 Å². The summed E-state index contributed by atoms with van der Waals surface area (Å²) in [5, 5.41) is 0. The van der Waals surface area contributed by atoms with Gasteiger partial charge in [-0.1, -0.05) is 0 Å². The molecule has 0 fully saturated rings. The topological polar surface area (TPSA) is 0 Å². The van der Waals surface area contributed by atoms with Crippen LogP contribution in [0.15, 0.2) is 121 Å². The Morgan fingerprint density at radius 1 is 0.240 bits per heavy atom. The first-order valence-electron chi connectivity index (χ1n) is 7.64. The fourth-order valence-corrected chi connectivity index (χ4v) is 1.37. The van der Waals surface area contributed by atoms with Gasteiger partial charge in [-0.2, -0.15) is 146 Å². The second kappa shape index (κ2) is 20.0.